The number of rotatable bonds is 2. The zero-order valence-corrected chi connectivity index (χ0v) is 8.43. The molecular weight excluding hydrogens is 152 g/mol. The van der Waals surface area contributed by atoms with Crippen molar-refractivity contribution in [3.63, 3.8) is 0 Å². The van der Waals surface area contributed by atoms with E-state index in [1.807, 2.05) is 0 Å². The minimum Gasteiger partial charge on any atom is -0.350 e. The Morgan fingerprint density at radius 1 is 1.17 bits per heavy atom. The highest BCUT2D eigenvalue weighted by Gasteiger charge is 2.34. The molecule has 1 rings (SSSR count). The van der Waals surface area contributed by atoms with E-state index in [0.717, 1.165) is 32.5 Å². The van der Waals surface area contributed by atoms with Gasteiger partial charge in [0.25, 0.3) is 0 Å². The van der Waals surface area contributed by atoms with Crippen molar-refractivity contribution in [2.45, 2.75) is 45.8 Å². The molecule has 0 radical (unpaired) electrons. The van der Waals surface area contributed by atoms with Crippen LogP contribution < -0.4 is 0 Å². The molecule has 72 valence electrons. The molecule has 0 atom stereocenters. The second-order valence-electron chi connectivity index (χ2n) is 3.72. The molecule has 0 aliphatic carbocycles. The van der Waals surface area contributed by atoms with Crippen LogP contribution in [0.1, 0.15) is 40.0 Å². The van der Waals surface area contributed by atoms with Crippen molar-refractivity contribution in [2.75, 3.05) is 13.2 Å². The van der Waals surface area contributed by atoms with E-state index in [9.17, 15) is 0 Å². The molecule has 0 aromatic rings. The van der Waals surface area contributed by atoms with Crippen molar-refractivity contribution in [3.05, 3.63) is 0 Å². The Bertz CT molecular complexity index is 124. The highest BCUT2D eigenvalue weighted by Crippen LogP contribution is 2.29. The van der Waals surface area contributed by atoms with Gasteiger partial charge < -0.3 is 9.47 Å². The van der Waals surface area contributed by atoms with Gasteiger partial charge in [0.05, 0.1) is 13.2 Å². The van der Waals surface area contributed by atoms with E-state index >= 15 is 0 Å². The zero-order valence-electron chi connectivity index (χ0n) is 8.43. The molecule has 0 N–H and O–H groups in total. The third-order valence-electron chi connectivity index (χ3n) is 2.60. The smallest absolute Gasteiger partial charge is 0.170 e. The van der Waals surface area contributed by atoms with Crippen LogP contribution in [0.15, 0.2) is 0 Å². The first-order valence-electron chi connectivity index (χ1n) is 4.99. The van der Waals surface area contributed by atoms with Crippen LogP contribution in [-0.4, -0.2) is 19.0 Å². The average Bonchev–Trinajstić information content (AvgIpc) is 2.29. The summed E-state index contributed by atoms with van der Waals surface area (Å²) >= 11 is 0. The summed E-state index contributed by atoms with van der Waals surface area (Å²) in [4.78, 5) is 0. The molecule has 2 heteroatoms. The summed E-state index contributed by atoms with van der Waals surface area (Å²) in [5.74, 6) is 0.150. The second kappa shape index (κ2) is 4.24. The molecule has 2 nitrogen and oxygen atoms in total. The van der Waals surface area contributed by atoms with E-state index in [1.54, 1.807) is 0 Å². The van der Waals surface area contributed by atoms with Gasteiger partial charge in [0.1, 0.15) is 0 Å². The van der Waals surface area contributed by atoms with Gasteiger partial charge in [-0.3, -0.25) is 0 Å². The molecule has 1 heterocycles. The molecule has 0 aromatic carbocycles. The lowest BCUT2D eigenvalue weighted by Gasteiger charge is -2.35. The van der Waals surface area contributed by atoms with E-state index in [0.29, 0.717) is 5.92 Å². The van der Waals surface area contributed by atoms with Gasteiger partial charge in [0, 0.05) is 5.92 Å². The van der Waals surface area contributed by atoms with E-state index in [1.165, 1.54) is 0 Å². The fourth-order valence-electron chi connectivity index (χ4n) is 1.68. The standard InChI is InChI=1S/C10H20O2/c1-4-10(9(2)3)11-7-5-6-8-12-10/h9H,4-8H2,1-3H3. The second-order valence-corrected chi connectivity index (χ2v) is 3.72. The summed E-state index contributed by atoms with van der Waals surface area (Å²) in [5, 5.41) is 0. The summed E-state index contributed by atoms with van der Waals surface area (Å²) in [6.07, 6.45) is 3.22. The predicted molar refractivity (Wildman–Crippen MR) is 49.0 cm³/mol. The number of ether oxygens (including phenoxy) is 2. The zero-order chi connectivity index (χ0) is 9.03. The van der Waals surface area contributed by atoms with Crippen molar-refractivity contribution in [2.24, 2.45) is 5.92 Å². The van der Waals surface area contributed by atoms with Crippen molar-refractivity contribution in [1.82, 2.24) is 0 Å². The summed E-state index contributed by atoms with van der Waals surface area (Å²) in [7, 11) is 0. The van der Waals surface area contributed by atoms with Crippen LogP contribution in [0.2, 0.25) is 0 Å². The van der Waals surface area contributed by atoms with E-state index in [-0.39, 0.29) is 5.79 Å². The monoisotopic (exact) mass is 172 g/mol. The summed E-state index contributed by atoms with van der Waals surface area (Å²) in [6.45, 7) is 8.16. The van der Waals surface area contributed by atoms with Crippen LogP contribution in [0.5, 0.6) is 0 Å². The van der Waals surface area contributed by atoms with Gasteiger partial charge >= 0.3 is 0 Å². The fraction of sp³-hybridized carbons (Fsp3) is 1.00. The van der Waals surface area contributed by atoms with Gasteiger partial charge in [-0.2, -0.15) is 0 Å². The first-order chi connectivity index (χ1) is 5.71. The molecule has 0 unspecified atom stereocenters. The van der Waals surface area contributed by atoms with Gasteiger partial charge in [-0.1, -0.05) is 20.8 Å². The molecule has 1 fully saturated rings. The quantitative estimate of drug-likeness (QED) is 0.637. The van der Waals surface area contributed by atoms with Crippen molar-refractivity contribution in [1.29, 1.82) is 0 Å². The Balaban J connectivity index is 2.61. The Hall–Kier alpha value is -0.0800. The Morgan fingerprint density at radius 2 is 1.67 bits per heavy atom. The minimum absolute atomic E-state index is 0.295. The van der Waals surface area contributed by atoms with Crippen LogP contribution >= 0.6 is 0 Å². The average molecular weight is 172 g/mol. The van der Waals surface area contributed by atoms with Crippen LogP contribution in [0.3, 0.4) is 0 Å². The third-order valence-corrected chi connectivity index (χ3v) is 2.60. The van der Waals surface area contributed by atoms with Crippen LogP contribution in [0, 0.1) is 5.92 Å². The number of hydrogen-bond donors (Lipinski definition) is 0. The molecule has 1 aliphatic rings. The predicted octanol–water partition coefficient (Wildman–Crippen LogP) is 2.58. The lowest BCUT2D eigenvalue weighted by Crippen LogP contribution is -2.40. The Kier molecular flexibility index (Phi) is 3.53. The first-order valence-corrected chi connectivity index (χ1v) is 4.99. The van der Waals surface area contributed by atoms with Crippen molar-refractivity contribution in [3.8, 4) is 0 Å². The number of hydrogen-bond acceptors (Lipinski definition) is 2. The third kappa shape index (κ3) is 1.99. The largest absolute Gasteiger partial charge is 0.350 e. The van der Waals surface area contributed by atoms with Gasteiger partial charge in [-0.05, 0) is 19.3 Å². The molecule has 1 saturated heterocycles. The van der Waals surface area contributed by atoms with Gasteiger partial charge in [0.2, 0.25) is 0 Å². The van der Waals surface area contributed by atoms with Gasteiger partial charge in [-0.15, -0.1) is 0 Å². The lowest BCUT2D eigenvalue weighted by atomic mass is 10.0. The summed E-state index contributed by atoms with van der Waals surface area (Å²) < 4.78 is 11.6. The summed E-state index contributed by atoms with van der Waals surface area (Å²) in [5.41, 5.74) is 0. The van der Waals surface area contributed by atoms with Crippen LogP contribution in [0.4, 0.5) is 0 Å². The normalized spacial score (nSPS) is 24.0. The Labute approximate surface area is 75.2 Å². The van der Waals surface area contributed by atoms with E-state index in [2.05, 4.69) is 20.8 Å². The summed E-state index contributed by atoms with van der Waals surface area (Å²) in [6, 6.07) is 0. The van der Waals surface area contributed by atoms with Crippen LogP contribution in [0.25, 0.3) is 0 Å². The molecule has 0 amide bonds. The molecule has 0 saturated carbocycles. The van der Waals surface area contributed by atoms with Crippen molar-refractivity contribution < 1.29 is 9.47 Å². The van der Waals surface area contributed by atoms with E-state index in [4.69, 9.17) is 9.47 Å². The highest BCUT2D eigenvalue weighted by molar-refractivity contribution is 4.73. The first kappa shape index (κ1) is 10.0. The maximum absolute atomic E-state index is 5.78. The van der Waals surface area contributed by atoms with Crippen LogP contribution in [-0.2, 0) is 9.47 Å². The Morgan fingerprint density at radius 3 is 2.00 bits per heavy atom. The van der Waals surface area contributed by atoms with E-state index < -0.39 is 0 Å². The molecule has 0 aromatic heterocycles. The van der Waals surface area contributed by atoms with Gasteiger partial charge in [0.15, 0.2) is 5.79 Å². The molecule has 0 bridgehead atoms. The highest BCUT2D eigenvalue weighted by atomic mass is 16.7. The van der Waals surface area contributed by atoms with Gasteiger partial charge in [-0.25, -0.2) is 0 Å². The molecule has 0 spiro atoms. The topological polar surface area (TPSA) is 18.5 Å². The SMILES string of the molecule is CCC1(C(C)C)OCCCCO1. The molecular formula is C10H20O2. The molecule has 1 aliphatic heterocycles. The maximum Gasteiger partial charge on any atom is 0.170 e. The van der Waals surface area contributed by atoms with Crippen molar-refractivity contribution >= 4 is 0 Å². The molecule has 12 heavy (non-hydrogen) atoms. The fourth-order valence-corrected chi connectivity index (χ4v) is 1.68. The maximum atomic E-state index is 5.78. The minimum atomic E-state index is -0.295. The lowest BCUT2D eigenvalue weighted by molar-refractivity contribution is -0.252.